The van der Waals surface area contributed by atoms with Crippen molar-refractivity contribution in [1.82, 2.24) is 5.32 Å². The first-order valence-corrected chi connectivity index (χ1v) is 6.78. The van der Waals surface area contributed by atoms with E-state index in [2.05, 4.69) is 37.4 Å². The van der Waals surface area contributed by atoms with Crippen LogP contribution in [0.2, 0.25) is 0 Å². The van der Waals surface area contributed by atoms with Crippen molar-refractivity contribution in [1.29, 1.82) is 0 Å². The second kappa shape index (κ2) is 5.65. The van der Waals surface area contributed by atoms with Crippen LogP contribution in [-0.2, 0) is 12.8 Å². The largest absolute Gasteiger partial charge is 0.329 e. The Balaban J connectivity index is 2.10. The molecule has 2 atom stereocenters. The summed E-state index contributed by atoms with van der Waals surface area (Å²) in [4.78, 5) is 0. The van der Waals surface area contributed by atoms with Gasteiger partial charge < -0.3 is 11.1 Å². The molecule has 0 bridgehead atoms. The van der Waals surface area contributed by atoms with Crippen molar-refractivity contribution in [3.63, 3.8) is 0 Å². The zero-order chi connectivity index (χ0) is 12.3. The molecule has 2 rings (SSSR count). The van der Waals surface area contributed by atoms with E-state index >= 15 is 0 Å². The van der Waals surface area contributed by atoms with Gasteiger partial charge in [-0.1, -0.05) is 18.2 Å². The first-order chi connectivity index (χ1) is 8.20. The average molecular weight is 232 g/mol. The fourth-order valence-electron chi connectivity index (χ4n) is 2.61. The third kappa shape index (κ3) is 3.08. The molecule has 0 fully saturated rings. The summed E-state index contributed by atoms with van der Waals surface area (Å²) in [6.07, 6.45) is 5.21. The summed E-state index contributed by atoms with van der Waals surface area (Å²) >= 11 is 0. The molecule has 0 aromatic heterocycles. The van der Waals surface area contributed by atoms with Gasteiger partial charge in [0.1, 0.15) is 0 Å². The van der Waals surface area contributed by atoms with Crippen LogP contribution in [0.4, 0.5) is 0 Å². The average Bonchev–Trinajstić information content (AvgIpc) is 2.38. The first-order valence-electron chi connectivity index (χ1n) is 6.78. The van der Waals surface area contributed by atoms with E-state index < -0.39 is 0 Å². The number of fused-ring (bicyclic) bond motifs is 1. The van der Waals surface area contributed by atoms with E-state index in [1.54, 1.807) is 11.1 Å². The molecule has 94 valence electrons. The predicted octanol–water partition coefficient (Wildman–Crippen LogP) is 2.56. The summed E-state index contributed by atoms with van der Waals surface area (Å²) in [5, 5.41) is 3.53. The van der Waals surface area contributed by atoms with Crippen molar-refractivity contribution in [3.05, 3.63) is 34.9 Å². The van der Waals surface area contributed by atoms with Gasteiger partial charge in [-0.05, 0) is 56.2 Å². The van der Waals surface area contributed by atoms with Gasteiger partial charge in [0.05, 0.1) is 0 Å². The molecule has 3 N–H and O–H groups in total. The van der Waals surface area contributed by atoms with Crippen LogP contribution in [0.15, 0.2) is 18.2 Å². The highest BCUT2D eigenvalue weighted by Gasteiger charge is 2.13. The summed E-state index contributed by atoms with van der Waals surface area (Å²) in [7, 11) is 0. The molecule has 0 heterocycles. The van der Waals surface area contributed by atoms with Gasteiger partial charge >= 0.3 is 0 Å². The van der Waals surface area contributed by atoms with E-state index in [-0.39, 0.29) is 0 Å². The third-order valence-electron chi connectivity index (χ3n) is 3.76. The summed E-state index contributed by atoms with van der Waals surface area (Å²) < 4.78 is 0. The van der Waals surface area contributed by atoms with Crippen LogP contribution < -0.4 is 11.1 Å². The molecule has 2 unspecified atom stereocenters. The molecule has 2 nitrogen and oxygen atoms in total. The number of hydrogen-bond acceptors (Lipinski definition) is 2. The minimum absolute atomic E-state index is 0.376. The molecule has 0 saturated heterocycles. The molecular weight excluding hydrogens is 208 g/mol. The van der Waals surface area contributed by atoms with Crippen LogP contribution >= 0.6 is 0 Å². The molecule has 0 saturated carbocycles. The Labute approximate surface area is 105 Å². The fraction of sp³-hybridized carbons (Fsp3) is 0.600. The quantitative estimate of drug-likeness (QED) is 0.837. The second-order valence-corrected chi connectivity index (χ2v) is 5.26. The Morgan fingerprint density at radius 2 is 1.88 bits per heavy atom. The fourth-order valence-corrected chi connectivity index (χ4v) is 2.61. The second-order valence-electron chi connectivity index (χ2n) is 5.26. The van der Waals surface area contributed by atoms with Crippen molar-refractivity contribution in [3.8, 4) is 0 Å². The SMILES string of the molecule is CC(CN)NC(C)c1ccc2c(c1)CCCC2. The lowest BCUT2D eigenvalue weighted by Crippen LogP contribution is -2.35. The van der Waals surface area contributed by atoms with E-state index in [1.807, 2.05) is 0 Å². The number of aryl methyl sites for hydroxylation is 2. The van der Waals surface area contributed by atoms with Crippen molar-refractivity contribution in [2.75, 3.05) is 6.54 Å². The highest BCUT2D eigenvalue weighted by atomic mass is 15.0. The van der Waals surface area contributed by atoms with E-state index in [0.29, 0.717) is 18.6 Å². The van der Waals surface area contributed by atoms with Crippen LogP contribution in [0.5, 0.6) is 0 Å². The molecule has 0 radical (unpaired) electrons. The van der Waals surface area contributed by atoms with Gasteiger partial charge in [-0.15, -0.1) is 0 Å². The Hall–Kier alpha value is -0.860. The van der Waals surface area contributed by atoms with Gasteiger partial charge in [0.2, 0.25) is 0 Å². The highest BCUT2D eigenvalue weighted by Crippen LogP contribution is 2.24. The van der Waals surface area contributed by atoms with Crippen LogP contribution in [0.1, 0.15) is 49.4 Å². The lowest BCUT2D eigenvalue weighted by atomic mass is 9.89. The standard InChI is InChI=1S/C15H24N2/c1-11(10-16)17-12(2)14-8-7-13-5-3-4-6-15(13)9-14/h7-9,11-12,17H,3-6,10,16H2,1-2H3. The Morgan fingerprint density at radius 3 is 2.59 bits per heavy atom. The monoisotopic (exact) mass is 232 g/mol. The Bertz CT molecular complexity index is 373. The first kappa shape index (κ1) is 12.6. The normalized spacial score (nSPS) is 18.5. The van der Waals surface area contributed by atoms with Crippen LogP contribution in [-0.4, -0.2) is 12.6 Å². The van der Waals surface area contributed by atoms with E-state index in [0.717, 1.165) is 0 Å². The smallest absolute Gasteiger partial charge is 0.0294 e. The van der Waals surface area contributed by atoms with Crippen molar-refractivity contribution < 1.29 is 0 Å². The van der Waals surface area contributed by atoms with Gasteiger partial charge in [-0.25, -0.2) is 0 Å². The van der Waals surface area contributed by atoms with Crippen LogP contribution in [0.3, 0.4) is 0 Å². The zero-order valence-electron chi connectivity index (χ0n) is 11.0. The number of benzene rings is 1. The molecule has 1 aromatic carbocycles. The molecule has 0 spiro atoms. The van der Waals surface area contributed by atoms with Crippen LogP contribution in [0, 0.1) is 0 Å². The highest BCUT2D eigenvalue weighted by molar-refractivity contribution is 5.35. The molecular formula is C15H24N2. The third-order valence-corrected chi connectivity index (χ3v) is 3.76. The molecule has 0 amide bonds. The van der Waals surface area contributed by atoms with Gasteiger partial charge in [0, 0.05) is 18.6 Å². The number of hydrogen-bond donors (Lipinski definition) is 2. The lowest BCUT2D eigenvalue weighted by molar-refractivity contribution is 0.485. The minimum Gasteiger partial charge on any atom is -0.329 e. The predicted molar refractivity (Wildman–Crippen MR) is 73.2 cm³/mol. The van der Waals surface area contributed by atoms with Gasteiger partial charge in [0.15, 0.2) is 0 Å². The molecule has 0 aliphatic heterocycles. The summed E-state index contributed by atoms with van der Waals surface area (Å²) in [6.45, 7) is 5.04. The van der Waals surface area contributed by atoms with Gasteiger partial charge in [-0.2, -0.15) is 0 Å². The topological polar surface area (TPSA) is 38.0 Å². The van der Waals surface area contributed by atoms with Gasteiger partial charge in [0.25, 0.3) is 0 Å². The maximum atomic E-state index is 5.65. The Kier molecular flexibility index (Phi) is 4.19. The van der Waals surface area contributed by atoms with E-state index in [9.17, 15) is 0 Å². The number of nitrogens with one attached hydrogen (secondary N) is 1. The lowest BCUT2D eigenvalue weighted by Gasteiger charge is -2.22. The number of rotatable bonds is 4. The maximum absolute atomic E-state index is 5.65. The van der Waals surface area contributed by atoms with Gasteiger partial charge in [-0.3, -0.25) is 0 Å². The molecule has 17 heavy (non-hydrogen) atoms. The number of nitrogens with two attached hydrogens (primary N) is 1. The molecule has 1 aliphatic rings. The van der Waals surface area contributed by atoms with E-state index in [1.165, 1.54) is 31.2 Å². The van der Waals surface area contributed by atoms with Crippen molar-refractivity contribution in [2.24, 2.45) is 5.73 Å². The summed E-state index contributed by atoms with van der Waals surface area (Å²) in [5.74, 6) is 0. The van der Waals surface area contributed by atoms with Crippen molar-refractivity contribution in [2.45, 2.75) is 51.6 Å². The molecule has 1 aromatic rings. The summed E-state index contributed by atoms with van der Waals surface area (Å²) in [6, 6.07) is 7.73. The van der Waals surface area contributed by atoms with E-state index in [4.69, 9.17) is 5.73 Å². The summed E-state index contributed by atoms with van der Waals surface area (Å²) in [5.41, 5.74) is 10.2. The van der Waals surface area contributed by atoms with Crippen molar-refractivity contribution >= 4 is 0 Å². The zero-order valence-corrected chi connectivity index (χ0v) is 11.0. The minimum atomic E-state index is 0.376. The molecule has 2 heteroatoms. The van der Waals surface area contributed by atoms with Crippen LogP contribution in [0.25, 0.3) is 0 Å². The maximum Gasteiger partial charge on any atom is 0.0294 e. The Morgan fingerprint density at radius 1 is 1.18 bits per heavy atom. The molecule has 1 aliphatic carbocycles.